The maximum absolute atomic E-state index is 11.5. The van der Waals surface area contributed by atoms with E-state index < -0.39 is 0 Å². The minimum Gasteiger partial charge on any atom is -0.273 e. The van der Waals surface area contributed by atoms with E-state index in [2.05, 4.69) is 10.5 Å². The first-order valence-electron chi connectivity index (χ1n) is 5.90. The van der Waals surface area contributed by atoms with Gasteiger partial charge < -0.3 is 0 Å². The Bertz CT molecular complexity index is 559. The molecule has 0 unspecified atom stereocenters. The lowest BCUT2D eigenvalue weighted by Gasteiger charge is -1.95. The van der Waals surface area contributed by atoms with Crippen LogP contribution in [0, 0.1) is 0 Å². The van der Waals surface area contributed by atoms with Gasteiger partial charge in [0.1, 0.15) is 0 Å². The number of hydrazone groups is 1. The molecule has 96 valence electrons. The first kappa shape index (κ1) is 13.2. The molecule has 4 heteroatoms. The van der Waals surface area contributed by atoms with Crippen LogP contribution in [0.3, 0.4) is 0 Å². The summed E-state index contributed by atoms with van der Waals surface area (Å²) in [6.45, 7) is 0. The molecule has 1 N–H and O–H groups in total. The van der Waals surface area contributed by atoms with Crippen molar-refractivity contribution >= 4 is 29.5 Å². The average molecular weight is 270 g/mol. The van der Waals surface area contributed by atoms with Crippen molar-refractivity contribution in [3.8, 4) is 0 Å². The van der Waals surface area contributed by atoms with Crippen LogP contribution in [0.4, 0.5) is 0 Å². The molecule has 0 aliphatic carbocycles. The fraction of sp³-hybridized carbons (Fsp3) is 0.0667. The van der Waals surface area contributed by atoms with E-state index in [9.17, 15) is 4.79 Å². The number of amides is 1. The highest BCUT2D eigenvalue weighted by Crippen LogP contribution is 2.08. The zero-order chi connectivity index (χ0) is 13.3. The summed E-state index contributed by atoms with van der Waals surface area (Å²) in [6, 6.07) is 13.8. The maximum atomic E-state index is 11.5. The molecule has 0 fully saturated rings. The number of nitrogens with one attached hydrogen (secondary N) is 1. The lowest BCUT2D eigenvalue weighted by atomic mass is 10.2. The molecule has 1 aromatic heterocycles. The van der Waals surface area contributed by atoms with E-state index in [4.69, 9.17) is 0 Å². The molecule has 0 saturated heterocycles. The van der Waals surface area contributed by atoms with Crippen molar-refractivity contribution in [3.63, 3.8) is 0 Å². The van der Waals surface area contributed by atoms with Crippen LogP contribution in [0.2, 0.25) is 0 Å². The summed E-state index contributed by atoms with van der Waals surface area (Å²) in [7, 11) is 0. The molecule has 2 rings (SSSR count). The predicted molar refractivity (Wildman–Crippen MR) is 80.1 cm³/mol. The van der Waals surface area contributed by atoms with Gasteiger partial charge in [-0.3, -0.25) is 4.79 Å². The van der Waals surface area contributed by atoms with E-state index in [0.29, 0.717) is 6.42 Å². The molecule has 1 aromatic carbocycles. The molecule has 0 radical (unpaired) electrons. The fourth-order valence-electron chi connectivity index (χ4n) is 1.48. The second kappa shape index (κ2) is 7.28. The third-order valence-corrected chi connectivity index (χ3v) is 3.23. The van der Waals surface area contributed by atoms with Crippen LogP contribution in [0.25, 0.3) is 6.08 Å². The lowest BCUT2D eigenvalue weighted by molar-refractivity contribution is -0.120. The monoisotopic (exact) mass is 270 g/mol. The van der Waals surface area contributed by atoms with Crippen LogP contribution in [-0.4, -0.2) is 12.1 Å². The quantitative estimate of drug-likeness (QED) is 0.658. The number of allylic oxidation sites excluding steroid dienone is 1. The molecule has 3 nitrogen and oxygen atoms in total. The Kier molecular flexibility index (Phi) is 5.07. The SMILES string of the molecule is O=C(Cc1cccs1)NN=CC=Cc1ccccc1. The van der Waals surface area contributed by atoms with Gasteiger partial charge in [-0.05, 0) is 23.1 Å². The first-order chi connectivity index (χ1) is 9.34. The van der Waals surface area contributed by atoms with Gasteiger partial charge >= 0.3 is 0 Å². The predicted octanol–water partition coefficient (Wildman–Crippen LogP) is 3.11. The third-order valence-electron chi connectivity index (χ3n) is 2.35. The average Bonchev–Trinajstić information content (AvgIpc) is 2.92. The Balaban J connectivity index is 1.74. The topological polar surface area (TPSA) is 41.5 Å². The molecular formula is C15H14N2OS. The zero-order valence-corrected chi connectivity index (χ0v) is 11.1. The van der Waals surface area contributed by atoms with Gasteiger partial charge in [0.25, 0.3) is 0 Å². The van der Waals surface area contributed by atoms with Gasteiger partial charge in [0.05, 0.1) is 6.42 Å². The number of hydrogen-bond donors (Lipinski definition) is 1. The second-order valence-electron chi connectivity index (χ2n) is 3.84. The molecule has 1 heterocycles. The lowest BCUT2D eigenvalue weighted by Crippen LogP contribution is -2.18. The highest BCUT2D eigenvalue weighted by molar-refractivity contribution is 7.10. The van der Waals surface area contributed by atoms with Crippen molar-refractivity contribution in [2.45, 2.75) is 6.42 Å². The van der Waals surface area contributed by atoms with Gasteiger partial charge in [-0.15, -0.1) is 11.3 Å². The Labute approximate surface area is 116 Å². The summed E-state index contributed by atoms with van der Waals surface area (Å²) >= 11 is 1.57. The first-order valence-corrected chi connectivity index (χ1v) is 6.78. The smallest absolute Gasteiger partial charge is 0.245 e. The molecule has 0 aliphatic heterocycles. The van der Waals surface area contributed by atoms with Crippen molar-refractivity contribution in [3.05, 3.63) is 64.4 Å². The molecule has 0 aliphatic rings. The number of thiophene rings is 1. The van der Waals surface area contributed by atoms with Crippen molar-refractivity contribution in [1.82, 2.24) is 5.43 Å². The summed E-state index contributed by atoms with van der Waals surface area (Å²) in [5.74, 6) is -0.105. The minimum absolute atomic E-state index is 0.105. The highest BCUT2D eigenvalue weighted by atomic mass is 32.1. The van der Waals surface area contributed by atoms with E-state index in [1.54, 1.807) is 23.6 Å². The van der Waals surface area contributed by atoms with E-state index in [1.165, 1.54) is 0 Å². The largest absolute Gasteiger partial charge is 0.273 e. The highest BCUT2D eigenvalue weighted by Gasteiger charge is 2.01. The van der Waals surface area contributed by atoms with Crippen molar-refractivity contribution in [2.24, 2.45) is 5.10 Å². The molecule has 19 heavy (non-hydrogen) atoms. The second-order valence-corrected chi connectivity index (χ2v) is 4.87. The van der Waals surface area contributed by atoms with Crippen molar-refractivity contribution in [1.29, 1.82) is 0 Å². The van der Waals surface area contributed by atoms with E-state index >= 15 is 0 Å². The van der Waals surface area contributed by atoms with Crippen LogP contribution >= 0.6 is 11.3 Å². The number of benzene rings is 1. The van der Waals surface area contributed by atoms with Gasteiger partial charge in [-0.1, -0.05) is 42.5 Å². The number of carbonyl (C=O) groups excluding carboxylic acids is 1. The van der Waals surface area contributed by atoms with E-state index in [1.807, 2.05) is 53.9 Å². The van der Waals surface area contributed by atoms with Crippen molar-refractivity contribution in [2.75, 3.05) is 0 Å². The summed E-state index contributed by atoms with van der Waals surface area (Å²) in [5, 5.41) is 5.81. The molecule has 0 saturated carbocycles. The third kappa shape index (κ3) is 4.89. The normalized spacial score (nSPS) is 11.2. The number of nitrogens with zero attached hydrogens (tertiary/aromatic N) is 1. The van der Waals surface area contributed by atoms with E-state index in [0.717, 1.165) is 10.4 Å². The van der Waals surface area contributed by atoms with E-state index in [-0.39, 0.29) is 5.91 Å². The standard InChI is InChI=1S/C15H14N2OS/c18-15(12-14-9-5-11-19-14)17-16-10-4-8-13-6-2-1-3-7-13/h1-11H,12H2,(H,17,18). The van der Waals surface area contributed by atoms with Crippen LogP contribution < -0.4 is 5.43 Å². The van der Waals surface area contributed by atoms with Crippen LogP contribution in [-0.2, 0) is 11.2 Å². The Morgan fingerprint density at radius 2 is 2.05 bits per heavy atom. The molecule has 2 aromatic rings. The Hall–Kier alpha value is -2.20. The molecule has 0 bridgehead atoms. The molecule has 1 amide bonds. The summed E-state index contributed by atoms with van der Waals surface area (Å²) in [5.41, 5.74) is 3.59. The summed E-state index contributed by atoms with van der Waals surface area (Å²) < 4.78 is 0. The minimum atomic E-state index is -0.105. The molecular weight excluding hydrogens is 256 g/mol. The van der Waals surface area contributed by atoms with Gasteiger partial charge in [0, 0.05) is 11.1 Å². The van der Waals surface area contributed by atoms with Crippen LogP contribution in [0.5, 0.6) is 0 Å². The number of carbonyl (C=O) groups is 1. The summed E-state index contributed by atoms with van der Waals surface area (Å²) in [4.78, 5) is 12.5. The zero-order valence-electron chi connectivity index (χ0n) is 10.3. The van der Waals surface area contributed by atoms with Gasteiger partial charge in [-0.2, -0.15) is 5.10 Å². The van der Waals surface area contributed by atoms with Gasteiger partial charge in [-0.25, -0.2) is 5.43 Å². The fourth-order valence-corrected chi connectivity index (χ4v) is 2.19. The molecule has 0 spiro atoms. The maximum Gasteiger partial charge on any atom is 0.245 e. The molecule has 0 atom stereocenters. The summed E-state index contributed by atoms with van der Waals surface area (Å²) in [6.07, 6.45) is 5.66. The Morgan fingerprint density at radius 1 is 1.21 bits per heavy atom. The van der Waals surface area contributed by atoms with Crippen LogP contribution in [0.1, 0.15) is 10.4 Å². The Morgan fingerprint density at radius 3 is 2.79 bits per heavy atom. The number of rotatable bonds is 5. The van der Waals surface area contributed by atoms with Gasteiger partial charge in [0.15, 0.2) is 0 Å². The van der Waals surface area contributed by atoms with Crippen molar-refractivity contribution < 1.29 is 4.79 Å². The van der Waals surface area contributed by atoms with Gasteiger partial charge in [0.2, 0.25) is 5.91 Å². The van der Waals surface area contributed by atoms with Crippen LogP contribution in [0.15, 0.2) is 59.0 Å². The number of hydrogen-bond acceptors (Lipinski definition) is 3.